The lowest BCUT2D eigenvalue weighted by atomic mass is 10.0. The second-order valence-corrected chi connectivity index (χ2v) is 7.83. The summed E-state index contributed by atoms with van der Waals surface area (Å²) in [4.78, 5) is 0.168. The monoisotopic (exact) mass is 373 g/mol. The molecule has 18 heavy (non-hydrogen) atoms. The number of halogens is 3. The lowest BCUT2D eigenvalue weighted by molar-refractivity contribution is 0.441. The predicted molar refractivity (Wildman–Crippen MR) is 78.9 cm³/mol. The van der Waals surface area contributed by atoms with Gasteiger partial charge in [0.2, 0.25) is 10.0 Å². The molecule has 0 aliphatic carbocycles. The average molecular weight is 375 g/mol. The molecule has 1 rings (SSSR count). The van der Waals surface area contributed by atoms with Gasteiger partial charge in [-0.3, -0.25) is 0 Å². The highest BCUT2D eigenvalue weighted by molar-refractivity contribution is 9.10. The SMILES string of the molecule is CC(C)(CCCl)NS(=O)(=O)c1ccc(Cl)c(Br)c1. The summed E-state index contributed by atoms with van der Waals surface area (Å²) in [7, 11) is -3.58. The molecule has 0 amide bonds. The third kappa shape index (κ3) is 4.38. The second kappa shape index (κ2) is 6.09. The number of hydrogen-bond acceptors (Lipinski definition) is 2. The van der Waals surface area contributed by atoms with Crippen molar-refractivity contribution in [2.45, 2.75) is 30.7 Å². The molecule has 3 nitrogen and oxygen atoms in total. The minimum atomic E-state index is -3.58. The number of nitrogens with one attached hydrogen (secondary N) is 1. The van der Waals surface area contributed by atoms with E-state index in [0.29, 0.717) is 21.8 Å². The molecule has 0 fully saturated rings. The van der Waals surface area contributed by atoms with Crippen molar-refractivity contribution in [1.29, 1.82) is 0 Å². The van der Waals surface area contributed by atoms with Crippen LogP contribution in [-0.4, -0.2) is 19.8 Å². The zero-order valence-electron chi connectivity index (χ0n) is 10.0. The van der Waals surface area contributed by atoms with Crippen molar-refractivity contribution in [3.63, 3.8) is 0 Å². The van der Waals surface area contributed by atoms with Gasteiger partial charge in [-0.1, -0.05) is 11.6 Å². The Labute approximate surface area is 126 Å². The standard InChI is InChI=1S/C11H14BrCl2NO2S/c1-11(2,5-6-13)15-18(16,17)8-3-4-10(14)9(12)7-8/h3-4,7,15H,5-6H2,1-2H3. The molecule has 0 spiro atoms. The van der Waals surface area contributed by atoms with Crippen molar-refractivity contribution in [2.75, 3.05) is 5.88 Å². The van der Waals surface area contributed by atoms with Crippen LogP contribution >= 0.6 is 39.1 Å². The molecule has 0 aliphatic heterocycles. The summed E-state index contributed by atoms with van der Waals surface area (Å²) >= 11 is 14.7. The van der Waals surface area contributed by atoms with Crippen LogP contribution in [0, 0.1) is 0 Å². The Bertz CT molecular complexity index is 532. The zero-order chi connectivity index (χ0) is 14.0. The average Bonchev–Trinajstić information content (AvgIpc) is 2.20. The van der Waals surface area contributed by atoms with Gasteiger partial charge in [0.05, 0.1) is 9.92 Å². The maximum Gasteiger partial charge on any atom is 0.241 e. The molecule has 0 bridgehead atoms. The highest BCUT2D eigenvalue weighted by Crippen LogP contribution is 2.26. The van der Waals surface area contributed by atoms with Crippen molar-refractivity contribution in [2.24, 2.45) is 0 Å². The molecule has 0 heterocycles. The van der Waals surface area contributed by atoms with E-state index in [9.17, 15) is 8.42 Å². The van der Waals surface area contributed by atoms with Crippen molar-refractivity contribution in [1.82, 2.24) is 4.72 Å². The molecule has 0 radical (unpaired) electrons. The normalized spacial score (nSPS) is 12.7. The molecule has 0 unspecified atom stereocenters. The fraction of sp³-hybridized carbons (Fsp3) is 0.455. The van der Waals surface area contributed by atoms with E-state index in [1.165, 1.54) is 18.2 Å². The van der Waals surface area contributed by atoms with Gasteiger partial charge >= 0.3 is 0 Å². The van der Waals surface area contributed by atoms with Crippen molar-refractivity contribution < 1.29 is 8.42 Å². The van der Waals surface area contributed by atoms with Crippen LogP contribution in [0.3, 0.4) is 0 Å². The van der Waals surface area contributed by atoms with E-state index in [1.807, 2.05) is 0 Å². The van der Waals surface area contributed by atoms with Gasteiger partial charge in [0.15, 0.2) is 0 Å². The van der Waals surface area contributed by atoms with E-state index < -0.39 is 15.6 Å². The maximum atomic E-state index is 12.2. The second-order valence-electron chi connectivity index (χ2n) is 4.50. The van der Waals surface area contributed by atoms with E-state index in [0.717, 1.165) is 0 Å². The van der Waals surface area contributed by atoms with Crippen LogP contribution in [0.4, 0.5) is 0 Å². The minimum absolute atomic E-state index is 0.168. The summed E-state index contributed by atoms with van der Waals surface area (Å²) in [5, 5.41) is 0.467. The van der Waals surface area contributed by atoms with Gasteiger partial charge in [0, 0.05) is 15.9 Å². The lowest BCUT2D eigenvalue weighted by Gasteiger charge is -2.25. The molecule has 0 saturated carbocycles. The molecule has 0 saturated heterocycles. The minimum Gasteiger partial charge on any atom is -0.207 e. The topological polar surface area (TPSA) is 46.2 Å². The Morgan fingerprint density at radius 2 is 2.00 bits per heavy atom. The fourth-order valence-corrected chi connectivity index (χ4v) is 3.94. The van der Waals surface area contributed by atoms with E-state index >= 15 is 0 Å². The molecule has 1 aromatic rings. The summed E-state index contributed by atoms with van der Waals surface area (Å²) in [6.45, 7) is 3.58. The molecule has 102 valence electrons. The number of sulfonamides is 1. The van der Waals surface area contributed by atoms with Gasteiger partial charge in [-0.05, 0) is 54.4 Å². The first-order valence-corrected chi connectivity index (χ1v) is 8.42. The van der Waals surface area contributed by atoms with Gasteiger partial charge in [-0.2, -0.15) is 0 Å². The maximum absolute atomic E-state index is 12.2. The predicted octanol–water partition coefficient (Wildman–Crippen LogP) is 3.79. The molecule has 0 atom stereocenters. The summed E-state index contributed by atoms with van der Waals surface area (Å²) in [5.41, 5.74) is -0.591. The summed E-state index contributed by atoms with van der Waals surface area (Å²) in [6.07, 6.45) is 0.544. The van der Waals surface area contributed by atoms with Crippen LogP contribution in [0.2, 0.25) is 5.02 Å². The molecular formula is C11H14BrCl2NO2S. The van der Waals surface area contributed by atoms with Crippen molar-refractivity contribution in [3.05, 3.63) is 27.7 Å². The van der Waals surface area contributed by atoms with Gasteiger partial charge in [0.25, 0.3) is 0 Å². The smallest absolute Gasteiger partial charge is 0.207 e. The Balaban J connectivity index is 3.03. The Morgan fingerprint density at radius 1 is 1.39 bits per heavy atom. The fourth-order valence-electron chi connectivity index (χ4n) is 1.35. The summed E-state index contributed by atoms with van der Waals surface area (Å²) in [5.74, 6) is 0.389. The van der Waals surface area contributed by atoms with Gasteiger partial charge in [-0.25, -0.2) is 13.1 Å². The van der Waals surface area contributed by atoms with E-state index in [2.05, 4.69) is 20.7 Å². The number of benzene rings is 1. The van der Waals surface area contributed by atoms with Crippen LogP contribution in [0.15, 0.2) is 27.6 Å². The summed E-state index contributed by atoms with van der Waals surface area (Å²) < 4.78 is 27.5. The van der Waals surface area contributed by atoms with E-state index in [1.54, 1.807) is 13.8 Å². The van der Waals surface area contributed by atoms with Crippen LogP contribution < -0.4 is 4.72 Å². The van der Waals surface area contributed by atoms with E-state index in [4.69, 9.17) is 23.2 Å². The van der Waals surface area contributed by atoms with Crippen LogP contribution in [0.1, 0.15) is 20.3 Å². The lowest BCUT2D eigenvalue weighted by Crippen LogP contribution is -2.43. The first-order chi connectivity index (χ1) is 8.18. The first kappa shape index (κ1) is 16.2. The molecular weight excluding hydrogens is 361 g/mol. The van der Waals surface area contributed by atoms with Crippen LogP contribution in [-0.2, 0) is 10.0 Å². The van der Waals surface area contributed by atoms with Gasteiger partial charge in [-0.15, -0.1) is 11.6 Å². The quantitative estimate of drug-likeness (QED) is 0.797. The Morgan fingerprint density at radius 3 is 2.50 bits per heavy atom. The van der Waals surface area contributed by atoms with Gasteiger partial charge in [0.1, 0.15) is 0 Å². The zero-order valence-corrected chi connectivity index (χ0v) is 13.9. The summed E-state index contributed by atoms with van der Waals surface area (Å²) in [6, 6.07) is 4.47. The Hall–Kier alpha value is 0.190. The molecule has 0 aromatic heterocycles. The van der Waals surface area contributed by atoms with E-state index in [-0.39, 0.29) is 4.90 Å². The largest absolute Gasteiger partial charge is 0.241 e. The Kier molecular flexibility index (Phi) is 5.50. The number of rotatable bonds is 5. The van der Waals surface area contributed by atoms with Crippen LogP contribution in [0.25, 0.3) is 0 Å². The number of alkyl halides is 1. The first-order valence-electron chi connectivity index (χ1n) is 5.23. The highest BCUT2D eigenvalue weighted by Gasteiger charge is 2.25. The molecule has 1 N–H and O–H groups in total. The van der Waals surface area contributed by atoms with Gasteiger partial charge < -0.3 is 0 Å². The molecule has 7 heteroatoms. The third-order valence-electron chi connectivity index (χ3n) is 2.33. The highest BCUT2D eigenvalue weighted by atomic mass is 79.9. The molecule has 0 aliphatic rings. The third-order valence-corrected chi connectivity index (χ3v) is 5.43. The van der Waals surface area contributed by atoms with Crippen molar-refractivity contribution in [3.8, 4) is 0 Å². The van der Waals surface area contributed by atoms with Crippen LogP contribution in [0.5, 0.6) is 0 Å². The molecule has 1 aromatic carbocycles. The number of hydrogen-bond donors (Lipinski definition) is 1. The van der Waals surface area contributed by atoms with Crippen molar-refractivity contribution >= 4 is 49.2 Å².